The van der Waals surface area contributed by atoms with Gasteiger partial charge in [-0.3, -0.25) is 0 Å². The lowest BCUT2D eigenvalue weighted by Crippen LogP contribution is -2.25. The van der Waals surface area contributed by atoms with Gasteiger partial charge in [0.05, 0.1) is 4.90 Å². The number of benzene rings is 1. The number of rotatable bonds is 7. The van der Waals surface area contributed by atoms with Crippen molar-refractivity contribution in [1.82, 2.24) is 4.72 Å². The van der Waals surface area contributed by atoms with Gasteiger partial charge in [0.15, 0.2) is 0 Å². The van der Waals surface area contributed by atoms with Gasteiger partial charge in [0.2, 0.25) is 10.0 Å². The summed E-state index contributed by atoms with van der Waals surface area (Å²) in [7, 11) is -3.74. The van der Waals surface area contributed by atoms with Crippen LogP contribution in [0.4, 0.5) is 10.1 Å². The van der Waals surface area contributed by atoms with E-state index >= 15 is 0 Å². The Bertz CT molecular complexity index is 499. The van der Waals surface area contributed by atoms with Gasteiger partial charge in [-0.1, -0.05) is 6.92 Å². The third kappa shape index (κ3) is 5.14. The summed E-state index contributed by atoms with van der Waals surface area (Å²) in [5, 5.41) is 8.84. The van der Waals surface area contributed by atoms with Crippen LogP contribution >= 0.6 is 0 Å². The highest BCUT2D eigenvalue weighted by molar-refractivity contribution is 7.89. The Balaban J connectivity index is 2.61. The van der Waals surface area contributed by atoms with Crippen molar-refractivity contribution in [3.8, 4) is 0 Å². The molecule has 0 fully saturated rings. The van der Waals surface area contributed by atoms with E-state index in [1.807, 2.05) is 6.92 Å². The Kier molecular flexibility index (Phi) is 5.71. The van der Waals surface area contributed by atoms with Crippen molar-refractivity contribution in [1.29, 1.82) is 0 Å². The maximum Gasteiger partial charge on any atom is 0.240 e. The minimum Gasteiger partial charge on any atom is -0.399 e. The fourth-order valence-corrected chi connectivity index (χ4v) is 2.71. The molecule has 1 rings (SSSR count). The summed E-state index contributed by atoms with van der Waals surface area (Å²) >= 11 is 0. The van der Waals surface area contributed by atoms with Crippen molar-refractivity contribution in [3.63, 3.8) is 0 Å². The summed E-state index contributed by atoms with van der Waals surface area (Å²) in [5.41, 5.74) is 5.47. The zero-order valence-corrected chi connectivity index (χ0v) is 11.6. The number of anilines is 1. The van der Waals surface area contributed by atoms with E-state index < -0.39 is 15.8 Å². The molecular weight excluding hydrogens is 271 g/mol. The topological polar surface area (TPSA) is 92.4 Å². The number of hydrogen-bond acceptors (Lipinski definition) is 4. The zero-order chi connectivity index (χ0) is 14.5. The first-order valence-electron chi connectivity index (χ1n) is 6.01. The van der Waals surface area contributed by atoms with Crippen LogP contribution in [0.15, 0.2) is 23.1 Å². The van der Waals surface area contributed by atoms with Crippen LogP contribution < -0.4 is 10.5 Å². The molecule has 0 amide bonds. The molecule has 0 bridgehead atoms. The molecule has 0 saturated carbocycles. The van der Waals surface area contributed by atoms with E-state index in [0.717, 1.165) is 12.1 Å². The van der Waals surface area contributed by atoms with Crippen molar-refractivity contribution in [2.45, 2.75) is 24.7 Å². The number of nitrogens with one attached hydrogen (secondary N) is 1. The maximum atomic E-state index is 13.1. The summed E-state index contributed by atoms with van der Waals surface area (Å²) in [6.07, 6.45) is 1.32. The molecule has 1 atom stereocenters. The molecule has 4 N–H and O–H groups in total. The first kappa shape index (κ1) is 15.9. The summed E-state index contributed by atoms with van der Waals surface area (Å²) in [5.74, 6) is -0.552. The highest BCUT2D eigenvalue weighted by Crippen LogP contribution is 2.15. The summed E-state index contributed by atoms with van der Waals surface area (Å²) in [6, 6.07) is 3.19. The Morgan fingerprint density at radius 2 is 2.11 bits per heavy atom. The van der Waals surface area contributed by atoms with E-state index in [-0.39, 0.29) is 29.7 Å². The van der Waals surface area contributed by atoms with E-state index in [2.05, 4.69) is 4.72 Å². The predicted octanol–water partition coefficient (Wildman–Crippen LogP) is 1.09. The highest BCUT2D eigenvalue weighted by atomic mass is 32.2. The van der Waals surface area contributed by atoms with E-state index in [9.17, 15) is 12.8 Å². The van der Waals surface area contributed by atoms with E-state index in [1.54, 1.807) is 0 Å². The molecule has 0 aliphatic carbocycles. The summed E-state index contributed by atoms with van der Waals surface area (Å²) in [4.78, 5) is -0.180. The molecule has 1 aromatic carbocycles. The van der Waals surface area contributed by atoms with Crippen molar-refractivity contribution < 1.29 is 17.9 Å². The van der Waals surface area contributed by atoms with Crippen LogP contribution in [0.1, 0.15) is 19.8 Å². The molecule has 5 nitrogen and oxygen atoms in total. The van der Waals surface area contributed by atoms with Gasteiger partial charge in [-0.2, -0.15) is 0 Å². The summed E-state index contributed by atoms with van der Waals surface area (Å²) in [6.45, 7) is 2.19. The lowest BCUT2D eigenvalue weighted by molar-refractivity contribution is 0.228. The molecule has 1 aromatic rings. The van der Waals surface area contributed by atoms with Crippen molar-refractivity contribution in [2.24, 2.45) is 5.92 Å². The van der Waals surface area contributed by atoms with Gasteiger partial charge in [0.1, 0.15) is 5.82 Å². The second-order valence-electron chi connectivity index (χ2n) is 4.55. The van der Waals surface area contributed by atoms with Gasteiger partial charge in [0, 0.05) is 18.8 Å². The number of hydrogen-bond donors (Lipinski definition) is 3. The number of sulfonamides is 1. The summed E-state index contributed by atoms with van der Waals surface area (Å²) < 4.78 is 39.2. The van der Waals surface area contributed by atoms with Crippen molar-refractivity contribution in [3.05, 3.63) is 24.0 Å². The Labute approximate surface area is 112 Å². The molecule has 0 radical (unpaired) electrons. The standard InChI is InChI=1S/C12H19FN2O3S/c1-9(8-16)3-2-4-15-19(17,18)12-6-10(13)5-11(14)7-12/h5-7,9,15-16H,2-4,8,14H2,1H3. The fraction of sp³-hybridized carbons (Fsp3) is 0.500. The SMILES string of the molecule is CC(CO)CCCNS(=O)(=O)c1cc(N)cc(F)c1. The van der Waals surface area contributed by atoms with Crippen LogP contribution in [0.2, 0.25) is 0 Å². The monoisotopic (exact) mass is 290 g/mol. The molecule has 1 unspecified atom stereocenters. The van der Waals surface area contributed by atoms with Gasteiger partial charge in [-0.25, -0.2) is 17.5 Å². The van der Waals surface area contributed by atoms with Crippen LogP contribution in [0.3, 0.4) is 0 Å². The third-order valence-electron chi connectivity index (χ3n) is 2.68. The largest absolute Gasteiger partial charge is 0.399 e. The number of nitrogens with two attached hydrogens (primary N) is 1. The quantitative estimate of drug-likeness (QED) is 0.518. The fourth-order valence-electron chi connectivity index (χ4n) is 1.57. The van der Waals surface area contributed by atoms with E-state index in [4.69, 9.17) is 10.8 Å². The molecule has 19 heavy (non-hydrogen) atoms. The number of aliphatic hydroxyl groups excluding tert-OH is 1. The van der Waals surface area contributed by atoms with Gasteiger partial charge in [-0.15, -0.1) is 0 Å². The Hall–Kier alpha value is -1.18. The number of halogens is 1. The maximum absolute atomic E-state index is 13.1. The minimum atomic E-state index is -3.74. The molecular formula is C12H19FN2O3S. The predicted molar refractivity (Wildman–Crippen MR) is 71.5 cm³/mol. The molecule has 0 saturated heterocycles. The van der Waals surface area contributed by atoms with E-state index in [0.29, 0.717) is 12.8 Å². The second-order valence-corrected chi connectivity index (χ2v) is 6.31. The molecule has 0 aliphatic heterocycles. The van der Waals surface area contributed by atoms with Crippen LogP contribution in [-0.2, 0) is 10.0 Å². The first-order valence-corrected chi connectivity index (χ1v) is 7.50. The first-order chi connectivity index (χ1) is 8.85. The molecule has 0 spiro atoms. The van der Waals surface area contributed by atoms with Gasteiger partial charge >= 0.3 is 0 Å². The smallest absolute Gasteiger partial charge is 0.240 e. The normalized spacial score (nSPS) is 13.4. The lowest BCUT2D eigenvalue weighted by atomic mass is 10.1. The van der Waals surface area contributed by atoms with Crippen molar-refractivity contribution >= 4 is 15.7 Å². The van der Waals surface area contributed by atoms with Crippen LogP contribution in [0.25, 0.3) is 0 Å². The van der Waals surface area contributed by atoms with Gasteiger partial charge < -0.3 is 10.8 Å². The molecule has 7 heteroatoms. The van der Waals surface area contributed by atoms with Gasteiger partial charge in [0.25, 0.3) is 0 Å². The lowest BCUT2D eigenvalue weighted by Gasteiger charge is -2.09. The Morgan fingerprint density at radius 3 is 2.68 bits per heavy atom. The second kappa shape index (κ2) is 6.83. The zero-order valence-electron chi connectivity index (χ0n) is 10.8. The van der Waals surface area contributed by atoms with Crippen LogP contribution in [0.5, 0.6) is 0 Å². The van der Waals surface area contributed by atoms with Gasteiger partial charge in [-0.05, 0) is 37.0 Å². The molecule has 108 valence electrons. The average molecular weight is 290 g/mol. The minimum absolute atomic E-state index is 0.0641. The van der Waals surface area contributed by atoms with Crippen molar-refractivity contribution in [2.75, 3.05) is 18.9 Å². The Morgan fingerprint density at radius 1 is 1.42 bits per heavy atom. The third-order valence-corrected chi connectivity index (χ3v) is 4.12. The number of aliphatic hydroxyl groups is 1. The number of nitrogen functional groups attached to an aromatic ring is 1. The molecule has 0 heterocycles. The molecule has 0 aliphatic rings. The highest BCUT2D eigenvalue weighted by Gasteiger charge is 2.15. The molecule has 0 aromatic heterocycles. The van der Waals surface area contributed by atoms with Crippen LogP contribution in [0, 0.1) is 11.7 Å². The van der Waals surface area contributed by atoms with Crippen LogP contribution in [-0.4, -0.2) is 26.7 Å². The van der Waals surface area contributed by atoms with E-state index in [1.165, 1.54) is 6.07 Å². The average Bonchev–Trinajstić information content (AvgIpc) is 2.33.